The molecule has 2 rings (SSSR count). The topological polar surface area (TPSA) is 46.2 Å². The van der Waals surface area contributed by atoms with Gasteiger partial charge in [0.15, 0.2) is 0 Å². The van der Waals surface area contributed by atoms with Gasteiger partial charge >= 0.3 is 0 Å². The molecule has 0 amide bonds. The van der Waals surface area contributed by atoms with Crippen LogP contribution in [0.4, 0.5) is 0 Å². The summed E-state index contributed by atoms with van der Waals surface area (Å²) >= 11 is 0. The summed E-state index contributed by atoms with van der Waals surface area (Å²) < 4.78 is 0. The summed E-state index contributed by atoms with van der Waals surface area (Å²) in [5.74, 6) is 0.348. The van der Waals surface area contributed by atoms with E-state index in [4.69, 9.17) is 5.73 Å². The van der Waals surface area contributed by atoms with Crippen molar-refractivity contribution >= 4 is 0 Å². The van der Waals surface area contributed by atoms with Gasteiger partial charge in [0.2, 0.25) is 0 Å². The van der Waals surface area contributed by atoms with Crippen LogP contribution in [-0.2, 0) is 11.8 Å². The molecule has 1 aromatic rings. The summed E-state index contributed by atoms with van der Waals surface area (Å²) in [5.41, 5.74) is 8.40. The van der Waals surface area contributed by atoms with Crippen molar-refractivity contribution in [3.05, 3.63) is 29.3 Å². The second-order valence-corrected chi connectivity index (χ2v) is 4.11. The van der Waals surface area contributed by atoms with Gasteiger partial charge in [0, 0.05) is 12.0 Å². The summed E-state index contributed by atoms with van der Waals surface area (Å²) in [6.07, 6.45) is 2.19. The number of hydrogen-bond donors (Lipinski definition) is 2. The average Bonchev–Trinajstić information content (AvgIpc) is 2.45. The van der Waals surface area contributed by atoms with Crippen LogP contribution in [0.15, 0.2) is 18.2 Å². The normalized spacial score (nSPS) is 26.0. The van der Waals surface area contributed by atoms with Gasteiger partial charge in [-0.1, -0.05) is 13.0 Å². The molecule has 0 saturated carbocycles. The maximum atomic E-state index is 9.38. The van der Waals surface area contributed by atoms with E-state index in [1.165, 1.54) is 11.1 Å². The lowest BCUT2D eigenvalue weighted by molar-refractivity contribution is 0.461. The Morgan fingerprint density at radius 3 is 3.00 bits per heavy atom. The first-order chi connectivity index (χ1) is 6.15. The van der Waals surface area contributed by atoms with Gasteiger partial charge in [0.1, 0.15) is 5.75 Å². The first-order valence-electron chi connectivity index (χ1n) is 4.68. The van der Waals surface area contributed by atoms with Gasteiger partial charge < -0.3 is 10.8 Å². The summed E-state index contributed by atoms with van der Waals surface area (Å²) in [6.45, 7) is 2.82. The Labute approximate surface area is 78.4 Å². The highest BCUT2D eigenvalue weighted by Crippen LogP contribution is 2.39. The Morgan fingerprint density at radius 1 is 1.54 bits per heavy atom. The Morgan fingerprint density at radius 2 is 2.31 bits per heavy atom. The Balaban J connectivity index is 2.52. The van der Waals surface area contributed by atoms with Crippen molar-refractivity contribution < 1.29 is 5.11 Å². The van der Waals surface area contributed by atoms with Crippen molar-refractivity contribution in [2.75, 3.05) is 6.54 Å². The zero-order valence-corrected chi connectivity index (χ0v) is 7.88. The van der Waals surface area contributed by atoms with Crippen molar-refractivity contribution in [3.63, 3.8) is 0 Å². The zero-order valence-electron chi connectivity index (χ0n) is 7.88. The molecule has 1 unspecified atom stereocenters. The van der Waals surface area contributed by atoms with Gasteiger partial charge in [-0.25, -0.2) is 0 Å². The third-order valence-corrected chi connectivity index (χ3v) is 3.14. The third kappa shape index (κ3) is 1.22. The fraction of sp³-hybridized carbons (Fsp3) is 0.455. The van der Waals surface area contributed by atoms with E-state index in [9.17, 15) is 5.11 Å². The zero-order chi connectivity index (χ0) is 9.47. The van der Waals surface area contributed by atoms with E-state index < -0.39 is 0 Å². The number of hydrogen-bond acceptors (Lipinski definition) is 2. The van der Waals surface area contributed by atoms with Gasteiger partial charge in [-0.3, -0.25) is 0 Å². The number of phenolic OH excluding ortho intramolecular Hbond substituents is 1. The van der Waals surface area contributed by atoms with Crippen LogP contribution in [0.2, 0.25) is 0 Å². The Kier molecular flexibility index (Phi) is 1.81. The molecule has 0 aromatic heterocycles. The maximum absolute atomic E-state index is 9.38. The van der Waals surface area contributed by atoms with Crippen LogP contribution in [0, 0.1) is 0 Å². The largest absolute Gasteiger partial charge is 0.508 e. The van der Waals surface area contributed by atoms with Crippen LogP contribution in [0.5, 0.6) is 5.75 Å². The van der Waals surface area contributed by atoms with Crippen LogP contribution in [0.3, 0.4) is 0 Å². The molecule has 0 aliphatic heterocycles. The molecule has 1 aromatic carbocycles. The lowest BCUT2D eigenvalue weighted by atomic mass is 9.84. The highest BCUT2D eigenvalue weighted by atomic mass is 16.3. The number of benzene rings is 1. The number of phenols is 1. The molecule has 1 atom stereocenters. The number of aryl methyl sites for hydroxylation is 1. The lowest BCUT2D eigenvalue weighted by Gasteiger charge is -2.22. The molecule has 13 heavy (non-hydrogen) atoms. The molecule has 0 bridgehead atoms. The Bertz CT molecular complexity index is 335. The van der Waals surface area contributed by atoms with Crippen molar-refractivity contribution in [3.8, 4) is 5.75 Å². The van der Waals surface area contributed by atoms with Gasteiger partial charge in [0.05, 0.1) is 0 Å². The van der Waals surface area contributed by atoms with E-state index in [0.29, 0.717) is 12.3 Å². The van der Waals surface area contributed by atoms with Crippen LogP contribution < -0.4 is 5.73 Å². The molecule has 3 N–H and O–H groups in total. The minimum atomic E-state index is 0.0775. The number of nitrogens with two attached hydrogens (primary N) is 1. The highest BCUT2D eigenvalue weighted by molar-refractivity contribution is 5.43. The molecule has 0 spiro atoms. The summed E-state index contributed by atoms with van der Waals surface area (Å²) in [6, 6.07) is 5.61. The SMILES string of the molecule is CC1(CN)CCc2ccc(O)cc21. The Hall–Kier alpha value is -1.02. The second kappa shape index (κ2) is 2.74. The van der Waals surface area contributed by atoms with Gasteiger partial charge in [-0.15, -0.1) is 0 Å². The van der Waals surface area contributed by atoms with E-state index in [0.717, 1.165) is 12.8 Å². The smallest absolute Gasteiger partial charge is 0.115 e. The van der Waals surface area contributed by atoms with E-state index in [1.807, 2.05) is 12.1 Å². The summed E-state index contributed by atoms with van der Waals surface area (Å²) in [4.78, 5) is 0. The average molecular weight is 177 g/mol. The van der Waals surface area contributed by atoms with Crippen LogP contribution in [-0.4, -0.2) is 11.7 Å². The molecular weight excluding hydrogens is 162 g/mol. The van der Waals surface area contributed by atoms with Crippen LogP contribution >= 0.6 is 0 Å². The first kappa shape index (κ1) is 8.57. The molecule has 2 nitrogen and oxygen atoms in total. The van der Waals surface area contributed by atoms with Gasteiger partial charge in [-0.05, 0) is 36.1 Å². The minimum Gasteiger partial charge on any atom is -0.508 e. The van der Waals surface area contributed by atoms with E-state index in [2.05, 4.69) is 6.92 Å². The third-order valence-electron chi connectivity index (χ3n) is 3.14. The molecule has 0 saturated heterocycles. The fourth-order valence-electron chi connectivity index (χ4n) is 2.10. The molecule has 1 aliphatic carbocycles. The maximum Gasteiger partial charge on any atom is 0.115 e. The van der Waals surface area contributed by atoms with Crippen molar-refractivity contribution in [2.45, 2.75) is 25.2 Å². The summed E-state index contributed by atoms with van der Waals surface area (Å²) in [5, 5.41) is 9.38. The number of aromatic hydroxyl groups is 1. The molecule has 1 aliphatic rings. The van der Waals surface area contributed by atoms with Gasteiger partial charge in [-0.2, -0.15) is 0 Å². The minimum absolute atomic E-state index is 0.0775. The first-order valence-corrected chi connectivity index (χ1v) is 4.68. The highest BCUT2D eigenvalue weighted by Gasteiger charge is 2.32. The second-order valence-electron chi connectivity index (χ2n) is 4.11. The van der Waals surface area contributed by atoms with Crippen molar-refractivity contribution in [1.29, 1.82) is 0 Å². The van der Waals surface area contributed by atoms with Crippen molar-refractivity contribution in [2.24, 2.45) is 5.73 Å². The van der Waals surface area contributed by atoms with E-state index in [1.54, 1.807) is 6.07 Å². The fourth-order valence-corrected chi connectivity index (χ4v) is 2.10. The molecule has 0 fully saturated rings. The monoisotopic (exact) mass is 177 g/mol. The lowest BCUT2D eigenvalue weighted by Crippen LogP contribution is -2.28. The predicted molar refractivity (Wildman–Crippen MR) is 52.8 cm³/mol. The summed E-state index contributed by atoms with van der Waals surface area (Å²) in [7, 11) is 0. The van der Waals surface area contributed by atoms with Crippen molar-refractivity contribution in [1.82, 2.24) is 0 Å². The molecule has 2 heteroatoms. The quantitative estimate of drug-likeness (QED) is 0.683. The predicted octanol–water partition coefficient (Wildman–Crippen LogP) is 1.55. The van der Waals surface area contributed by atoms with E-state index in [-0.39, 0.29) is 5.41 Å². The molecule has 0 heterocycles. The van der Waals surface area contributed by atoms with Crippen LogP contribution in [0.25, 0.3) is 0 Å². The molecule has 70 valence electrons. The van der Waals surface area contributed by atoms with Gasteiger partial charge in [0.25, 0.3) is 0 Å². The standard InChI is InChI=1S/C11H15NO/c1-11(7-12)5-4-8-2-3-9(13)6-10(8)11/h2-3,6,13H,4-5,7,12H2,1H3. The van der Waals surface area contributed by atoms with Crippen LogP contribution in [0.1, 0.15) is 24.5 Å². The number of rotatable bonds is 1. The van der Waals surface area contributed by atoms with E-state index >= 15 is 0 Å². The number of fused-ring (bicyclic) bond motifs is 1. The molecule has 0 radical (unpaired) electrons. The molecular formula is C11H15NO.